The molecule has 0 saturated heterocycles. The van der Waals surface area contributed by atoms with E-state index in [2.05, 4.69) is 21.7 Å². The normalized spacial score (nSPS) is 18.4. The molecule has 0 amide bonds. The summed E-state index contributed by atoms with van der Waals surface area (Å²) in [5, 5.41) is 5.67. The van der Waals surface area contributed by atoms with Crippen LogP contribution in [0.1, 0.15) is 34.9 Å². The molecule has 2 aromatic heterocycles. The Morgan fingerprint density at radius 1 is 1.50 bits per heavy atom. The molecule has 4 heteroatoms. The quantitative estimate of drug-likeness (QED) is 0.867. The van der Waals surface area contributed by atoms with Gasteiger partial charge in [0, 0.05) is 11.1 Å². The van der Waals surface area contributed by atoms with Crippen LogP contribution < -0.4 is 11.1 Å². The number of pyridine rings is 1. The maximum atomic E-state index is 6.01. The van der Waals surface area contributed by atoms with Crippen molar-refractivity contribution in [2.75, 3.05) is 11.1 Å². The number of fused-ring (bicyclic) bond motifs is 1. The van der Waals surface area contributed by atoms with Gasteiger partial charge in [0.05, 0.1) is 11.7 Å². The Bertz CT molecular complexity index is 562. The molecule has 0 aromatic carbocycles. The van der Waals surface area contributed by atoms with Crippen molar-refractivity contribution in [2.45, 2.75) is 32.2 Å². The first-order valence-electron chi connectivity index (χ1n) is 6.29. The standard InChI is InChI=1S/C14H17N3S/c1-9-7-11(15)14(16-8-9)17-12-3-2-4-13-10(12)5-6-18-13/h5-8,12H,2-4,15H2,1H3,(H,16,17). The third-order valence-electron chi connectivity index (χ3n) is 3.42. The van der Waals surface area contributed by atoms with Crippen molar-refractivity contribution < 1.29 is 0 Å². The van der Waals surface area contributed by atoms with Crippen LogP contribution in [-0.2, 0) is 6.42 Å². The zero-order valence-electron chi connectivity index (χ0n) is 10.4. The van der Waals surface area contributed by atoms with Gasteiger partial charge in [0.25, 0.3) is 0 Å². The number of nitrogens with zero attached hydrogens (tertiary/aromatic N) is 1. The van der Waals surface area contributed by atoms with Gasteiger partial charge in [0.1, 0.15) is 5.82 Å². The molecule has 3 rings (SSSR count). The molecule has 0 saturated carbocycles. The molecule has 2 heterocycles. The Labute approximate surface area is 111 Å². The van der Waals surface area contributed by atoms with E-state index in [9.17, 15) is 0 Å². The second-order valence-electron chi connectivity index (χ2n) is 4.84. The fourth-order valence-electron chi connectivity index (χ4n) is 2.51. The van der Waals surface area contributed by atoms with Gasteiger partial charge in [-0.15, -0.1) is 11.3 Å². The van der Waals surface area contributed by atoms with Crippen LogP contribution in [0, 0.1) is 6.92 Å². The lowest BCUT2D eigenvalue weighted by Gasteiger charge is -2.24. The van der Waals surface area contributed by atoms with E-state index < -0.39 is 0 Å². The van der Waals surface area contributed by atoms with Crippen LogP contribution >= 0.6 is 11.3 Å². The minimum atomic E-state index is 0.359. The molecular weight excluding hydrogens is 242 g/mol. The average molecular weight is 259 g/mol. The van der Waals surface area contributed by atoms with E-state index in [1.807, 2.05) is 30.5 Å². The first-order valence-corrected chi connectivity index (χ1v) is 7.17. The van der Waals surface area contributed by atoms with Crippen LogP contribution in [0.25, 0.3) is 0 Å². The van der Waals surface area contributed by atoms with Crippen molar-refractivity contribution in [3.05, 3.63) is 39.7 Å². The van der Waals surface area contributed by atoms with Gasteiger partial charge in [0.2, 0.25) is 0 Å². The van der Waals surface area contributed by atoms with Crippen LogP contribution in [0.15, 0.2) is 23.7 Å². The predicted octanol–water partition coefficient (Wildman–Crippen LogP) is 3.52. The van der Waals surface area contributed by atoms with E-state index in [1.54, 1.807) is 0 Å². The van der Waals surface area contributed by atoms with E-state index in [1.165, 1.54) is 23.3 Å². The van der Waals surface area contributed by atoms with Gasteiger partial charge >= 0.3 is 0 Å². The van der Waals surface area contributed by atoms with E-state index >= 15 is 0 Å². The summed E-state index contributed by atoms with van der Waals surface area (Å²) in [7, 11) is 0. The van der Waals surface area contributed by atoms with Gasteiger partial charge in [-0.3, -0.25) is 0 Å². The first-order chi connectivity index (χ1) is 8.74. The highest BCUT2D eigenvalue weighted by molar-refractivity contribution is 7.10. The number of anilines is 2. The zero-order valence-corrected chi connectivity index (χ0v) is 11.3. The van der Waals surface area contributed by atoms with E-state index in [0.29, 0.717) is 6.04 Å². The average Bonchev–Trinajstić information content (AvgIpc) is 2.82. The Kier molecular flexibility index (Phi) is 2.96. The summed E-state index contributed by atoms with van der Waals surface area (Å²) in [5.74, 6) is 0.810. The van der Waals surface area contributed by atoms with Crippen LogP contribution in [0.5, 0.6) is 0 Å². The minimum Gasteiger partial charge on any atom is -0.396 e. The zero-order chi connectivity index (χ0) is 12.5. The first kappa shape index (κ1) is 11.5. The summed E-state index contributed by atoms with van der Waals surface area (Å²) < 4.78 is 0. The van der Waals surface area contributed by atoms with Gasteiger partial charge in [-0.1, -0.05) is 0 Å². The van der Waals surface area contributed by atoms with E-state index in [0.717, 1.165) is 23.5 Å². The van der Waals surface area contributed by atoms with Gasteiger partial charge < -0.3 is 11.1 Å². The number of aryl methyl sites for hydroxylation is 2. The fourth-order valence-corrected chi connectivity index (χ4v) is 3.50. The highest BCUT2D eigenvalue weighted by Gasteiger charge is 2.21. The van der Waals surface area contributed by atoms with Gasteiger partial charge in [-0.25, -0.2) is 4.98 Å². The second kappa shape index (κ2) is 4.61. The number of rotatable bonds is 2. The van der Waals surface area contributed by atoms with E-state index in [-0.39, 0.29) is 0 Å². The highest BCUT2D eigenvalue weighted by atomic mass is 32.1. The van der Waals surface area contributed by atoms with Crippen molar-refractivity contribution >= 4 is 22.8 Å². The number of nitrogen functional groups attached to an aromatic ring is 1. The van der Waals surface area contributed by atoms with Crippen LogP contribution in [-0.4, -0.2) is 4.98 Å². The minimum absolute atomic E-state index is 0.359. The fraction of sp³-hybridized carbons (Fsp3) is 0.357. The Hall–Kier alpha value is -1.55. The second-order valence-corrected chi connectivity index (χ2v) is 5.84. The number of hydrogen-bond acceptors (Lipinski definition) is 4. The molecule has 1 aliphatic carbocycles. The van der Waals surface area contributed by atoms with Crippen molar-refractivity contribution in [1.82, 2.24) is 4.98 Å². The Morgan fingerprint density at radius 3 is 3.22 bits per heavy atom. The highest BCUT2D eigenvalue weighted by Crippen LogP contribution is 2.36. The van der Waals surface area contributed by atoms with Gasteiger partial charge in [-0.2, -0.15) is 0 Å². The molecule has 1 aliphatic rings. The predicted molar refractivity (Wildman–Crippen MR) is 77.0 cm³/mol. The lowest BCUT2D eigenvalue weighted by atomic mass is 9.94. The maximum absolute atomic E-state index is 6.01. The summed E-state index contributed by atoms with van der Waals surface area (Å²) in [6.45, 7) is 2.00. The summed E-state index contributed by atoms with van der Waals surface area (Å²) >= 11 is 1.85. The van der Waals surface area contributed by atoms with Crippen molar-refractivity contribution in [3.63, 3.8) is 0 Å². The maximum Gasteiger partial charge on any atom is 0.149 e. The molecule has 0 spiro atoms. The number of aromatic nitrogens is 1. The molecular formula is C14H17N3S. The van der Waals surface area contributed by atoms with Crippen molar-refractivity contribution in [1.29, 1.82) is 0 Å². The smallest absolute Gasteiger partial charge is 0.149 e. The summed E-state index contributed by atoms with van der Waals surface area (Å²) in [6, 6.07) is 4.55. The summed E-state index contributed by atoms with van der Waals surface area (Å²) in [4.78, 5) is 5.90. The Balaban J connectivity index is 1.86. The summed E-state index contributed by atoms with van der Waals surface area (Å²) in [5.41, 5.74) is 9.26. The molecule has 1 unspecified atom stereocenters. The lowest BCUT2D eigenvalue weighted by Crippen LogP contribution is -2.17. The number of thiophene rings is 1. The molecule has 3 N–H and O–H groups in total. The molecule has 1 atom stereocenters. The molecule has 0 fully saturated rings. The molecule has 0 radical (unpaired) electrons. The lowest BCUT2D eigenvalue weighted by molar-refractivity contribution is 0.607. The summed E-state index contributed by atoms with van der Waals surface area (Å²) in [6.07, 6.45) is 5.45. The SMILES string of the molecule is Cc1cnc(NC2CCCc3sccc32)c(N)c1. The molecule has 2 aromatic rings. The molecule has 3 nitrogen and oxygen atoms in total. The van der Waals surface area contributed by atoms with Crippen molar-refractivity contribution in [2.24, 2.45) is 0 Å². The molecule has 0 aliphatic heterocycles. The topological polar surface area (TPSA) is 50.9 Å². The number of hydrogen-bond donors (Lipinski definition) is 2. The largest absolute Gasteiger partial charge is 0.396 e. The third-order valence-corrected chi connectivity index (χ3v) is 4.41. The van der Waals surface area contributed by atoms with Crippen molar-refractivity contribution in [3.8, 4) is 0 Å². The van der Waals surface area contributed by atoms with E-state index in [4.69, 9.17) is 5.73 Å². The molecule has 18 heavy (non-hydrogen) atoms. The molecule has 94 valence electrons. The van der Waals surface area contributed by atoms with Crippen LogP contribution in [0.4, 0.5) is 11.5 Å². The number of nitrogens with one attached hydrogen (secondary N) is 1. The number of nitrogens with two attached hydrogens (primary N) is 1. The van der Waals surface area contributed by atoms with Gasteiger partial charge in [-0.05, 0) is 54.8 Å². The molecule has 0 bridgehead atoms. The third kappa shape index (κ3) is 2.08. The van der Waals surface area contributed by atoms with Gasteiger partial charge in [0.15, 0.2) is 0 Å². The monoisotopic (exact) mass is 259 g/mol. The Morgan fingerprint density at radius 2 is 2.39 bits per heavy atom. The van der Waals surface area contributed by atoms with Crippen LogP contribution in [0.3, 0.4) is 0 Å². The van der Waals surface area contributed by atoms with Crippen LogP contribution in [0.2, 0.25) is 0 Å².